The third-order valence-electron chi connectivity index (χ3n) is 4.53. The van der Waals surface area contributed by atoms with Crippen molar-refractivity contribution in [1.29, 1.82) is 0 Å². The van der Waals surface area contributed by atoms with Crippen LogP contribution in [0.4, 0.5) is 5.82 Å². The van der Waals surface area contributed by atoms with Gasteiger partial charge in [-0.1, -0.05) is 25.5 Å². The maximum absolute atomic E-state index is 9.80. The molecule has 0 amide bonds. The van der Waals surface area contributed by atoms with Gasteiger partial charge < -0.3 is 19.9 Å². The number of benzene rings is 2. The molecule has 2 N–H and O–H groups in total. The van der Waals surface area contributed by atoms with Crippen LogP contribution < -0.4 is 14.8 Å². The summed E-state index contributed by atoms with van der Waals surface area (Å²) in [4.78, 5) is 9.02. The third-order valence-corrected chi connectivity index (χ3v) is 4.53. The van der Waals surface area contributed by atoms with E-state index in [1.807, 2.05) is 12.1 Å². The second-order valence-corrected chi connectivity index (χ2v) is 6.43. The van der Waals surface area contributed by atoms with Gasteiger partial charge in [-0.2, -0.15) is 0 Å². The molecule has 28 heavy (non-hydrogen) atoms. The summed E-state index contributed by atoms with van der Waals surface area (Å²) < 4.78 is 10.4. The molecule has 0 fully saturated rings. The highest BCUT2D eigenvalue weighted by Crippen LogP contribution is 2.31. The lowest BCUT2D eigenvalue weighted by atomic mass is 10.0. The minimum absolute atomic E-state index is 0.0935. The fourth-order valence-corrected chi connectivity index (χ4v) is 3.04. The summed E-state index contributed by atoms with van der Waals surface area (Å²) >= 11 is 0. The van der Waals surface area contributed by atoms with Crippen LogP contribution in [0.1, 0.15) is 31.4 Å². The van der Waals surface area contributed by atoms with Crippen molar-refractivity contribution < 1.29 is 14.6 Å². The summed E-state index contributed by atoms with van der Waals surface area (Å²) in [6.07, 6.45) is 5.41. The fourth-order valence-electron chi connectivity index (χ4n) is 3.04. The monoisotopic (exact) mass is 379 g/mol. The molecular formula is C22H25N3O3. The van der Waals surface area contributed by atoms with E-state index in [9.17, 15) is 5.11 Å². The SMILES string of the molecule is CCC[C@@H](Nc1cncc(-c2ccc(O)c(OC)c2)n1)c1ccc(OC)cc1. The Morgan fingerprint density at radius 3 is 2.50 bits per heavy atom. The first-order chi connectivity index (χ1) is 13.6. The summed E-state index contributed by atoms with van der Waals surface area (Å²) in [5, 5.41) is 13.3. The molecule has 0 unspecified atom stereocenters. The molecule has 6 heteroatoms. The zero-order chi connectivity index (χ0) is 19.9. The molecule has 0 aliphatic heterocycles. The van der Waals surface area contributed by atoms with E-state index in [-0.39, 0.29) is 11.8 Å². The second-order valence-electron chi connectivity index (χ2n) is 6.43. The molecule has 0 aliphatic carbocycles. The highest BCUT2D eigenvalue weighted by atomic mass is 16.5. The van der Waals surface area contributed by atoms with Gasteiger partial charge in [-0.05, 0) is 42.3 Å². The van der Waals surface area contributed by atoms with E-state index in [0.717, 1.165) is 24.2 Å². The van der Waals surface area contributed by atoms with Gasteiger partial charge in [-0.15, -0.1) is 0 Å². The Morgan fingerprint density at radius 2 is 1.82 bits per heavy atom. The molecule has 1 heterocycles. The molecule has 0 aliphatic rings. The zero-order valence-electron chi connectivity index (χ0n) is 16.3. The highest BCUT2D eigenvalue weighted by Gasteiger charge is 2.13. The van der Waals surface area contributed by atoms with Gasteiger partial charge in [0.05, 0.1) is 38.3 Å². The standard InChI is InChI=1S/C22H25N3O3/c1-4-5-18(15-6-9-17(27-2)10-7-15)24-22-14-23-13-19(25-22)16-8-11-20(26)21(12-16)28-3/h6-14,18,26H,4-5H2,1-3H3,(H,24,25)/t18-/m1/s1. The van der Waals surface area contributed by atoms with Crippen LogP contribution in [0.2, 0.25) is 0 Å². The molecule has 3 rings (SSSR count). The van der Waals surface area contributed by atoms with Crippen molar-refractivity contribution in [2.75, 3.05) is 19.5 Å². The number of ether oxygens (including phenoxy) is 2. The number of aromatic hydroxyl groups is 1. The first kappa shape index (κ1) is 19.5. The summed E-state index contributed by atoms with van der Waals surface area (Å²) in [6.45, 7) is 2.16. The second kappa shape index (κ2) is 9.08. The minimum atomic E-state index is 0.0935. The van der Waals surface area contributed by atoms with Crippen molar-refractivity contribution in [3.05, 3.63) is 60.4 Å². The lowest BCUT2D eigenvalue weighted by Gasteiger charge is -2.20. The van der Waals surface area contributed by atoms with Gasteiger partial charge in [-0.3, -0.25) is 4.98 Å². The Bertz CT molecular complexity index is 913. The first-order valence-corrected chi connectivity index (χ1v) is 9.24. The van der Waals surface area contributed by atoms with Crippen LogP contribution in [-0.4, -0.2) is 29.3 Å². The van der Waals surface area contributed by atoms with Gasteiger partial charge in [0.1, 0.15) is 11.6 Å². The van der Waals surface area contributed by atoms with E-state index in [1.165, 1.54) is 12.7 Å². The first-order valence-electron chi connectivity index (χ1n) is 9.24. The van der Waals surface area contributed by atoms with Crippen molar-refractivity contribution in [2.24, 2.45) is 0 Å². The van der Waals surface area contributed by atoms with Crippen molar-refractivity contribution in [3.63, 3.8) is 0 Å². The van der Waals surface area contributed by atoms with Gasteiger partial charge >= 0.3 is 0 Å². The smallest absolute Gasteiger partial charge is 0.161 e. The number of nitrogens with one attached hydrogen (secondary N) is 1. The Morgan fingerprint density at radius 1 is 1.04 bits per heavy atom. The Balaban J connectivity index is 1.85. The van der Waals surface area contributed by atoms with E-state index in [0.29, 0.717) is 17.3 Å². The lowest BCUT2D eigenvalue weighted by Crippen LogP contribution is -2.12. The number of hydrogen-bond donors (Lipinski definition) is 2. The van der Waals surface area contributed by atoms with E-state index in [4.69, 9.17) is 14.5 Å². The molecular weight excluding hydrogens is 354 g/mol. The van der Waals surface area contributed by atoms with Crippen LogP contribution in [0.3, 0.4) is 0 Å². The molecule has 0 saturated carbocycles. The number of rotatable bonds is 8. The quantitative estimate of drug-likeness (QED) is 0.584. The lowest BCUT2D eigenvalue weighted by molar-refractivity contribution is 0.373. The maximum Gasteiger partial charge on any atom is 0.161 e. The van der Waals surface area contributed by atoms with Crippen LogP contribution in [0.25, 0.3) is 11.3 Å². The molecule has 146 valence electrons. The summed E-state index contributed by atoms with van der Waals surface area (Å²) in [6, 6.07) is 13.3. The molecule has 0 saturated heterocycles. The van der Waals surface area contributed by atoms with Crippen molar-refractivity contribution in [1.82, 2.24) is 9.97 Å². The van der Waals surface area contributed by atoms with Crippen LogP contribution >= 0.6 is 0 Å². The number of phenols is 1. The average molecular weight is 379 g/mol. The number of aromatic nitrogens is 2. The normalized spacial score (nSPS) is 11.7. The zero-order valence-corrected chi connectivity index (χ0v) is 16.3. The van der Waals surface area contributed by atoms with E-state index in [2.05, 4.69) is 29.4 Å². The topological polar surface area (TPSA) is 76.5 Å². The number of nitrogens with zero attached hydrogens (tertiary/aromatic N) is 2. The molecule has 3 aromatic rings. The van der Waals surface area contributed by atoms with Crippen LogP contribution in [0.5, 0.6) is 17.2 Å². The molecule has 1 aromatic heterocycles. The van der Waals surface area contributed by atoms with Gasteiger partial charge in [0.2, 0.25) is 0 Å². The van der Waals surface area contributed by atoms with Gasteiger partial charge in [0.25, 0.3) is 0 Å². The van der Waals surface area contributed by atoms with E-state index < -0.39 is 0 Å². The van der Waals surface area contributed by atoms with E-state index >= 15 is 0 Å². The van der Waals surface area contributed by atoms with Crippen molar-refractivity contribution >= 4 is 5.82 Å². The molecule has 0 spiro atoms. The average Bonchev–Trinajstić information content (AvgIpc) is 2.74. The Hall–Kier alpha value is -3.28. The Labute approximate surface area is 165 Å². The predicted octanol–water partition coefficient (Wildman–Crippen LogP) is 4.82. The Kier molecular flexibility index (Phi) is 6.32. The molecule has 2 aromatic carbocycles. The van der Waals surface area contributed by atoms with Crippen LogP contribution in [0.15, 0.2) is 54.9 Å². The highest BCUT2D eigenvalue weighted by molar-refractivity contribution is 5.64. The number of phenolic OH excluding ortho intramolecular Hbond substituents is 1. The number of hydrogen-bond acceptors (Lipinski definition) is 6. The summed E-state index contributed by atoms with van der Waals surface area (Å²) in [5.41, 5.74) is 2.69. The molecule has 6 nitrogen and oxygen atoms in total. The largest absolute Gasteiger partial charge is 0.504 e. The van der Waals surface area contributed by atoms with Crippen LogP contribution in [0, 0.1) is 0 Å². The summed E-state index contributed by atoms with van der Waals surface area (Å²) in [5.74, 6) is 2.02. The number of anilines is 1. The third kappa shape index (κ3) is 4.52. The van der Waals surface area contributed by atoms with Crippen molar-refractivity contribution in [2.45, 2.75) is 25.8 Å². The summed E-state index contributed by atoms with van der Waals surface area (Å²) in [7, 11) is 3.18. The predicted molar refractivity (Wildman–Crippen MR) is 110 cm³/mol. The van der Waals surface area contributed by atoms with Gasteiger partial charge in [0, 0.05) is 5.56 Å². The maximum atomic E-state index is 9.80. The van der Waals surface area contributed by atoms with Crippen molar-refractivity contribution in [3.8, 4) is 28.5 Å². The van der Waals surface area contributed by atoms with Crippen LogP contribution in [-0.2, 0) is 0 Å². The molecule has 0 radical (unpaired) electrons. The van der Waals surface area contributed by atoms with Gasteiger partial charge in [0.15, 0.2) is 11.5 Å². The fraction of sp³-hybridized carbons (Fsp3) is 0.273. The van der Waals surface area contributed by atoms with E-state index in [1.54, 1.807) is 37.7 Å². The minimum Gasteiger partial charge on any atom is -0.504 e. The molecule has 0 bridgehead atoms. The number of methoxy groups -OCH3 is 2. The molecule has 1 atom stereocenters. The van der Waals surface area contributed by atoms with Gasteiger partial charge in [-0.25, -0.2) is 4.98 Å².